The summed E-state index contributed by atoms with van der Waals surface area (Å²) in [5, 5.41) is 10.1. The first kappa shape index (κ1) is 30.7. The third-order valence-electron chi connectivity index (χ3n) is 7.07. The van der Waals surface area contributed by atoms with Gasteiger partial charge in [-0.15, -0.1) is 23.5 Å². The highest BCUT2D eigenvalue weighted by Crippen LogP contribution is 2.50. The van der Waals surface area contributed by atoms with Crippen molar-refractivity contribution in [3.8, 4) is 0 Å². The van der Waals surface area contributed by atoms with Crippen LogP contribution >= 0.6 is 35.3 Å². The van der Waals surface area contributed by atoms with Gasteiger partial charge in [-0.05, 0) is 67.7 Å². The first-order chi connectivity index (χ1) is 17.6. The van der Waals surface area contributed by atoms with Gasteiger partial charge in [-0.25, -0.2) is 4.79 Å². The molecule has 4 atom stereocenters. The first-order valence-electron chi connectivity index (χ1n) is 12.2. The summed E-state index contributed by atoms with van der Waals surface area (Å²) in [4.78, 5) is 51.2. The van der Waals surface area contributed by atoms with Gasteiger partial charge < -0.3 is 9.16 Å². The Hall–Kier alpha value is -1.80. The summed E-state index contributed by atoms with van der Waals surface area (Å²) in [6.45, 7) is 14.2. The molecule has 2 aliphatic heterocycles. The SMILES string of the molecule is CSC1C(C(C)O[Si](C)(C)C(C)(C)C)C(=O)N1C(C(=O)OCc1ccc([N+](=O)[O-])cc1)=C1SC(=O)C(C)S1. The summed E-state index contributed by atoms with van der Waals surface area (Å²) in [6.07, 6.45) is 1.53. The lowest BCUT2D eigenvalue weighted by Gasteiger charge is -2.50. The van der Waals surface area contributed by atoms with Gasteiger partial charge in [0.25, 0.3) is 5.69 Å². The molecule has 1 aromatic carbocycles. The normalized spacial score (nSPS) is 24.2. The van der Waals surface area contributed by atoms with Crippen LogP contribution in [0.25, 0.3) is 0 Å². The number of nitro groups is 1. The third-order valence-corrected chi connectivity index (χ3v) is 15.2. The Kier molecular flexibility index (Phi) is 9.50. The van der Waals surface area contributed by atoms with Crippen LogP contribution < -0.4 is 0 Å². The summed E-state index contributed by atoms with van der Waals surface area (Å²) in [5.41, 5.74) is 0.568. The highest BCUT2D eigenvalue weighted by Gasteiger charge is 2.55. The standard InChI is InChI=1S/C25H34N2O7S3Si/c1-14(34-38(7,8)25(3,4)5)18-20(28)26(21(18)35-6)19(24-36-15(2)23(30)37-24)22(29)33-13-16-9-11-17(12-10-16)27(31)32/h9-12,14-15,18,21H,13H2,1-8H3. The van der Waals surface area contributed by atoms with Crippen LogP contribution in [0.4, 0.5) is 5.69 Å². The van der Waals surface area contributed by atoms with Crippen LogP contribution in [-0.2, 0) is 30.2 Å². The Labute approximate surface area is 237 Å². The van der Waals surface area contributed by atoms with Crippen molar-refractivity contribution in [3.05, 3.63) is 49.9 Å². The molecule has 38 heavy (non-hydrogen) atoms. The predicted molar refractivity (Wildman–Crippen MR) is 155 cm³/mol. The molecule has 208 valence electrons. The van der Waals surface area contributed by atoms with E-state index in [4.69, 9.17) is 9.16 Å². The van der Waals surface area contributed by atoms with E-state index in [9.17, 15) is 24.5 Å². The number of non-ortho nitro benzene ring substituents is 1. The van der Waals surface area contributed by atoms with Crippen molar-refractivity contribution in [1.82, 2.24) is 4.90 Å². The van der Waals surface area contributed by atoms with Gasteiger partial charge in [0.2, 0.25) is 11.0 Å². The molecular formula is C25H34N2O7S3Si. The fourth-order valence-corrected chi connectivity index (χ4v) is 8.82. The molecule has 2 aliphatic rings. The van der Waals surface area contributed by atoms with Gasteiger partial charge in [0.1, 0.15) is 6.61 Å². The van der Waals surface area contributed by atoms with E-state index >= 15 is 0 Å². The number of amides is 1. The number of hydrogen-bond acceptors (Lipinski definition) is 10. The van der Waals surface area contributed by atoms with E-state index in [2.05, 4.69) is 33.9 Å². The minimum Gasteiger partial charge on any atom is -0.456 e. The van der Waals surface area contributed by atoms with Gasteiger partial charge in [0, 0.05) is 12.1 Å². The molecule has 0 aliphatic carbocycles. The summed E-state index contributed by atoms with van der Waals surface area (Å²) in [5.74, 6) is -1.40. The molecule has 0 radical (unpaired) electrons. The van der Waals surface area contributed by atoms with Crippen molar-refractivity contribution in [1.29, 1.82) is 0 Å². The Morgan fingerprint density at radius 1 is 1.24 bits per heavy atom. The average molecular weight is 599 g/mol. The molecule has 0 aromatic heterocycles. The highest BCUT2D eigenvalue weighted by molar-refractivity contribution is 8.34. The molecule has 2 saturated heterocycles. The van der Waals surface area contributed by atoms with E-state index in [-0.39, 0.29) is 50.8 Å². The number of thioether (sulfide) groups is 3. The maximum absolute atomic E-state index is 13.6. The molecule has 0 spiro atoms. The maximum atomic E-state index is 13.6. The van der Waals surface area contributed by atoms with Crippen LogP contribution in [0.15, 0.2) is 34.2 Å². The Balaban J connectivity index is 1.85. The largest absolute Gasteiger partial charge is 0.456 e. The zero-order valence-electron chi connectivity index (χ0n) is 22.8. The monoisotopic (exact) mass is 598 g/mol. The molecule has 0 saturated carbocycles. The highest BCUT2D eigenvalue weighted by atomic mass is 32.2. The van der Waals surface area contributed by atoms with E-state index < -0.39 is 25.1 Å². The number of β-lactam (4-membered cyclic amide) rings is 1. The van der Waals surface area contributed by atoms with Gasteiger partial charge in [0.05, 0.1) is 31.8 Å². The number of ether oxygens (including phenoxy) is 1. The van der Waals surface area contributed by atoms with Crippen molar-refractivity contribution < 1.29 is 28.5 Å². The molecular weight excluding hydrogens is 565 g/mol. The van der Waals surface area contributed by atoms with Crippen molar-refractivity contribution in [2.75, 3.05) is 6.26 Å². The summed E-state index contributed by atoms with van der Waals surface area (Å²) in [6, 6.07) is 5.70. The number of rotatable bonds is 9. The van der Waals surface area contributed by atoms with E-state index in [1.165, 1.54) is 52.7 Å². The van der Waals surface area contributed by atoms with Crippen LogP contribution in [0.2, 0.25) is 18.1 Å². The van der Waals surface area contributed by atoms with Gasteiger partial charge in [-0.2, -0.15) is 0 Å². The molecule has 13 heteroatoms. The zero-order chi connectivity index (χ0) is 28.6. The number of hydrogen-bond donors (Lipinski definition) is 0. The van der Waals surface area contributed by atoms with E-state index in [1.807, 2.05) is 13.2 Å². The Bertz CT molecular complexity index is 1150. The van der Waals surface area contributed by atoms with Crippen LogP contribution in [0.5, 0.6) is 0 Å². The lowest BCUT2D eigenvalue weighted by Crippen LogP contribution is -2.64. The molecule has 9 nitrogen and oxygen atoms in total. The number of nitrogens with zero attached hydrogens (tertiary/aromatic N) is 2. The average Bonchev–Trinajstić information content (AvgIpc) is 3.15. The minimum absolute atomic E-state index is 0.0228. The number of nitro benzene ring substituents is 1. The molecule has 0 bridgehead atoms. The van der Waals surface area contributed by atoms with Gasteiger partial charge >= 0.3 is 5.97 Å². The van der Waals surface area contributed by atoms with Crippen LogP contribution in [-0.4, -0.2) is 58.1 Å². The molecule has 2 heterocycles. The summed E-state index contributed by atoms with van der Waals surface area (Å²) in [7, 11) is -2.14. The second kappa shape index (κ2) is 11.7. The Morgan fingerprint density at radius 3 is 2.32 bits per heavy atom. The molecule has 1 aromatic rings. The number of benzene rings is 1. The van der Waals surface area contributed by atoms with Gasteiger partial charge in [0.15, 0.2) is 14.0 Å². The smallest absolute Gasteiger partial charge is 0.357 e. The van der Waals surface area contributed by atoms with Crippen molar-refractivity contribution in [2.45, 2.75) is 76.1 Å². The molecule has 0 N–H and O–H groups in total. The molecule has 1 amide bonds. The lowest BCUT2D eigenvalue weighted by molar-refractivity contribution is -0.384. The maximum Gasteiger partial charge on any atom is 0.357 e. The van der Waals surface area contributed by atoms with Gasteiger partial charge in [-0.1, -0.05) is 20.8 Å². The second-order valence-electron chi connectivity index (χ2n) is 10.8. The van der Waals surface area contributed by atoms with Crippen molar-refractivity contribution >= 4 is 66.3 Å². The number of carbonyl (C=O) groups excluding carboxylic acids is 3. The number of esters is 1. The topological polar surface area (TPSA) is 116 Å². The zero-order valence-corrected chi connectivity index (χ0v) is 26.3. The quantitative estimate of drug-likeness (QED) is 0.0867. The lowest BCUT2D eigenvalue weighted by atomic mass is 9.92. The van der Waals surface area contributed by atoms with Crippen LogP contribution in [0.1, 0.15) is 40.2 Å². The number of likely N-dealkylation sites (tertiary alicyclic amines) is 1. The van der Waals surface area contributed by atoms with Gasteiger partial charge in [-0.3, -0.25) is 24.6 Å². The minimum atomic E-state index is -2.14. The predicted octanol–water partition coefficient (Wildman–Crippen LogP) is 5.76. The second-order valence-corrected chi connectivity index (χ2v) is 19.1. The fraction of sp³-hybridized carbons (Fsp3) is 0.560. The molecule has 3 rings (SSSR count). The van der Waals surface area contributed by atoms with E-state index in [0.717, 1.165) is 11.8 Å². The Morgan fingerprint density at radius 2 is 1.84 bits per heavy atom. The summed E-state index contributed by atoms with van der Waals surface area (Å²) >= 11 is 3.64. The van der Waals surface area contributed by atoms with Crippen LogP contribution in [0, 0.1) is 16.0 Å². The third kappa shape index (κ3) is 6.32. The van der Waals surface area contributed by atoms with E-state index in [0.29, 0.717) is 9.80 Å². The van der Waals surface area contributed by atoms with Crippen molar-refractivity contribution in [2.24, 2.45) is 5.92 Å². The van der Waals surface area contributed by atoms with Crippen LogP contribution in [0.3, 0.4) is 0 Å². The number of carbonyl (C=O) groups is 3. The van der Waals surface area contributed by atoms with Crippen molar-refractivity contribution in [3.63, 3.8) is 0 Å². The molecule has 2 fully saturated rings. The molecule has 4 unspecified atom stereocenters. The van der Waals surface area contributed by atoms with E-state index in [1.54, 1.807) is 6.92 Å². The summed E-state index contributed by atoms with van der Waals surface area (Å²) < 4.78 is 12.5. The fourth-order valence-electron chi connectivity index (χ4n) is 3.85. The first-order valence-corrected chi connectivity index (χ1v) is 18.0.